The van der Waals surface area contributed by atoms with E-state index in [1.54, 1.807) is 0 Å². The Hall–Kier alpha value is -0.810. The van der Waals surface area contributed by atoms with Crippen LogP contribution in [0.4, 0.5) is 4.79 Å². The van der Waals surface area contributed by atoms with Crippen molar-refractivity contribution in [2.75, 3.05) is 26.3 Å². The first-order chi connectivity index (χ1) is 10.2. The normalized spacial score (nSPS) is 27.7. The number of hydrogen-bond donors (Lipinski definition) is 2. The third-order valence-electron chi connectivity index (χ3n) is 4.77. The number of nitrogens with zero attached hydrogens (tertiary/aromatic N) is 1. The van der Waals surface area contributed by atoms with E-state index in [9.17, 15) is 4.79 Å². The second-order valence-corrected chi connectivity index (χ2v) is 6.42. The minimum Gasteiger partial charge on any atom is -0.450 e. The fourth-order valence-corrected chi connectivity index (χ4v) is 3.84. The number of likely N-dealkylation sites (tertiary alicyclic amines) is 1. The number of amides is 1. The van der Waals surface area contributed by atoms with Crippen LogP contribution in [0.1, 0.15) is 51.9 Å². The Kier molecular flexibility index (Phi) is 6.77. The van der Waals surface area contributed by atoms with Gasteiger partial charge in [0.25, 0.3) is 0 Å². The Morgan fingerprint density at radius 1 is 1.33 bits per heavy atom. The highest BCUT2D eigenvalue weighted by molar-refractivity contribution is 5.67. The van der Waals surface area contributed by atoms with Crippen LogP contribution in [0.3, 0.4) is 0 Å². The summed E-state index contributed by atoms with van der Waals surface area (Å²) in [5.41, 5.74) is 0. The lowest BCUT2D eigenvalue weighted by molar-refractivity contribution is 0.0847. The molecule has 1 aliphatic heterocycles. The Morgan fingerprint density at radius 2 is 2.10 bits per heavy atom. The molecule has 1 saturated carbocycles. The molecule has 0 aromatic rings. The zero-order valence-corrected chi connectivity index (χ0v) is 13.2. The molecule has 5 heteroatoms. The summed E-state index contributed by atoms with van der Waals surface area (Å²) in [6, 6.07) is 0.871. The molecule has 0 radical (unpaired) electrons. The van der Waals surface area contributed by atoms with Crippen molar-refractivity contribution in [3.05, 3.63) is 0 Å². The number of hydrogen-bond acceptors (Lipinski definition) is 4. The Labute approximate surface area is 128 Å². The van der Waals surface area contributed by atoms with E-state index >= 15 is 0 Å². The first-order valence-corrected chi connectivity index (χ1v) is 8.51. The highest BCUT2D eigenvalue weighted by Crippen LogP contribution is 2.29. The van der Waals surface area contributed by atoms with Crippen LogP contribution < -0.4 is 5.32 Å². The number of rotatable bonds is 6. The molecule has 2 unspecified atom stereocenters. The van der Waals surface area contributed by atoms with Crippen molar-refractivity contribution in [2.24, 2.45) is 5.92 Å². The summed E-state index contributed by atoms with van der Waals surface area (Å²) < 4.78 is 5.01. The molecule has 0 spiro atoms. The van der Waals surface area contributed by atoms with E-state index in [0.717, 1.165) is 32.4 Å². The third-order valence-corrected chi connectivity index (χ3v) is 4.77. The van der Waals surface area contributed by atoms with Crippen molar-refractivity contribution >= 4 is 6.09 Å². The summed E-state index contributed by atoms with van der Waals surface area (Å²) in [6.45, 7) is 4.56. The molecular weight excluding hydrogens is 268 g/mol. The maximum atomic E-state index is 11.7. The Bertz CT molecular complexity index is 319. The lowest BCUT2D eigenvalue weighted by Crippen LogP contribution is -2.53. The van der Waals surface area contributed by atoms with Gasteiger partial charge in [-0.15, -0.1) is 0 Å². The molecule has 2 aliphatic rings. The number of carbonyl (C=O) groups is 1. The summed E-state index contributed by atoms with van der Waals surface area (Å²) in [5.74, 6) is 0.568. The van der Waals surface area contributed by atoms with Gasteiger partial charge in [0.15, 0.2) is 0 Å². The maximum absolute atomic E-state index is 11.7. The van der Waals surface area contributed by atoms with Gasteiger partial charge in [0.2, 0.25) is 0 Å². The lowest BCUT2D eigenvalue weighted by atomic mass is 9.89. The number of aliphatic hydroxyl groups excluding tert-OH is 1. The average molecular weight is 298 g/mol. The smallest absolute Gasteiger partial charge is 0.407 e. The molecule has 1 heterocycles. The van der Waals surface area contributed by atoms with E-state index in [0.29, 0.717) is 18.6 Å². The fourth-order valence-electron chi connectivity index (χ4n) is 3.84. The standard InChI is InChI=1S/C16H30N2O3/c1-2-21-16(20)17-14-10-13(6-5-9-19)11-18(12-14)15-7-3-4-8-15/h13-15,19H,2-12H2,1H3,(H,17,20). The predicted molar refractivity (Wildman–Crippen MR) is 82.2 cm³/mol. The predicted octanol–water partition coefficient (Wildman–Crippen LogP) is 2.14. The van der Waals surface area contributed by atoms with Gasteiger partial charge in [-0.2, -0.15) is 0 Å². The summed E-state index contributed by atoms with van der Waals surface area (Å²) in [4.78, 5) is 14.2. The first-order valence-electron chi connectivity index (χ1n) is 8.51. The molecule has 1 aliphatic carbocycles. The number of nitrogens with one attached hydrogen (secondary N) is 1. The largest absolute Gasteiger partial charge is 0.450 e. The summed E-state index contributed by atoms with van der Waals surface area (Å²) in [7, 11) is 0. The minimum atomic E-state index is -0.295. The van der Waals surface area contributed by atoms with E-state index in [1.807, 2.05) is 6.92 Å². The van der Waals surface area contributed by atoms with Crippen molar-refractivity contribution in [3.8, 4) is 0 Å². The van der Waals surface area contributed by atoms with Crippen molar-refractivity contribution in [3.63, 3.8) is 0 Å². The van der Waals surface area contributed by atoms with Gasteiger partial charge in [0.1, 0.15) is 0 Å². The van der Waals surface area contributed by atoms with Gasteiger partial charge in [-0.3, -0.25) is 4.90 Å². The van der Waals surface area contributed by atoms with E-state index in [2.05, 4.69) is 10.2 Å². The number of alkyl carbamates (subject to hydrolysis) is 1. The molecular formula is C16H30N2O3. The van der Waals surface area contributed by atoms with Crippen molar-refractivity contribution in [1.29, 1.82) is 0 Å². The van der Waals surface area contributed by atoms with Gasteiger partial charge >= 0.3 is 6.09 Å². The summed E-state index contributed by atoms with van der Waals surface area (Å²) in [5, 5.41) is 12.1. The van der Waals surface area contributed by atoms with Crippen LogP contribution in [0.5, 0.6) is 0 Å². The fraction of sp³-hybridized carbons (Fsp3) is 0.938. The Morgan fingerprint density at radius 3 is 2.76 bits per heavy atom. The topological polar surface area (TPSA) is 61.8 Å². The molecule has 21 heavy (non-hydrogen) atoms. The average Bonchev–Trinajstić information content (AvgIpc) is 2.99. The van der Waals surface area contributed by atoms with Crippen LogP contribution in [-0.2, 0) is 4.74 Å². The quantitative estimate of drug-likeness (QED) is 0.788. The first kappa shape index (κ1) is 16.6. The van der Waals surface area contributed by atoms with Crippen LogP contribution in [0.15, 0.2) is 0 Å². The molecule has 2 N–H and O–H groups in total. The van der Waals surface area contributed by atoms with E-state index in [4.69, 9.17) is 9.84 Å². The molecule has 0 aromatic heterocycles. The highest BCUT2D eigenvalue weighted by Gasteiger charge is 2.33. The molecule has 1 amide bonds. The maximum Gasteiger partial charge on any atom is 0.407 e. The van der Waals surface area contributed by atoms with Gasteiger partial charge in [-0.05, 0) is 44.9 Å². The third kappa shape index (κ3) is 5.15. The second-order valence-electron chi connectivity index (χ2n) is 6.42. The van der Waals surface area contributed by atoms with E-state index in [-0.39, 0.29) is 18.7 Å². The zero-order chi connectivity index (χ0) is 15.1. The second kappa shape index (κ2) is 8.59. The Balaban J connectivity index is 1.90. The molecule has 0 aromatic carbocycles. The van der Waals surface area contributed by atoms with Gasteiger partial charge in [-0.1, -0.05) is 12.8 Å². The molecule has 2 rings (SSSR count). The number of ether oxygens (including phenoxy) is 1. The SMILES string of the molecule is CCOC(=O)NC1CC(CCCO)CN(C2CCCC2)C1. The number of aliphatic hydroxyl groups is 1. The van der Waals surface area contributed by atoms with E-state index in [1.165, 1.54) is 25.7 Å². The molecule has 5 nitrogen and oxygen atoms in total. The van der Waals surface area contributed by atoms with Crippen molar-refractivity contribution in [1.82, 2.24) is 10.2 Å². The monoisotopic (exact) mass is 298 g/mol. The van der Waals surface area contributed by atoms with Crippen LogP contribution in [0, 0.1) is 5.92 Å². The van der Waals surface area contributed by atoms with Gasteiger partial charge in [0.05, 0.1) is 6.61 Å². The molecule has 2 atom stereocenters. The van der Waals surface area contributed by atoms with Crippen molar-refractivity contribution < 1.29 is 14.6 Å². The van der Waals surface area contributed by atoms with Gasteiger partial charge in [-0.25, -0.2) is 4.79 Å². The molecule has 0 bridgehead atoms. The summed E-state index contributed by atoms with van der Waals surface area (Å²) >= 11 is 0. The van der Waals surface area contributed by atoms with Crippen LogP contribution >= 0.6 is 0 Å². The number of piperidine rings is 1. The zero-order valence-electron chi connectivity index (χ0n) is 13.2. The van der Waals surface area contributed by atoms with Crippen LogP contribution in [0.25, 0.3) is 0 Å². The molecule has 122 valence electrons. The lowest BCUT2D eigenvalue weighted by Gasteiger charge is -2.41. The molecule has 2 fully saturated rings. The molecule has 1 saturated heterocycles. The van der Waals surface area contributed by atoms with Gasteiger partial charge in [0, 0.05) is 31.8 Å². The summed E-state index contributed by atoms with van der Waals surface area (Å²) in [6.07, 6.45) is 7.85. The van der Waals surface area contributed by atoms with E-state index < -0.39 is 0 Å². The van der Waals surface area contributed by atoms with Gasteiger partial charge < -0.3 is 15.2 Å². The highest BCUT2D eigenvalue weighted by atomic mass is 16.5. The van der Waals surface area contributed by atoms with Crippen molar-refractivity contribution in [2.45, 2.75) is 64.0 Å². The number of carbonyl (C=O) groups excluding carboxylic acids is 1. The minimum absolute atomic E-state index is 0.182. The van der Waals surface area contributed by atoms with Crippen LogP contribution in [-0.4, -0.2) is 54.5 Å². The van der Waals surface area contributed by atoms with Crippen LogP contribution in [0.2, 0.25) is 0 Å².